The van der Waals surface area contributed by atoms with Crippen LogP contribution in [0.25, 0.3) is 0 Å². The standard InChI is InChI=1S/C20H40NO3/c1-2-3-4-5-6-7-8-9-10-11-12-13-14-15-20(24)21(16-18-22)17-19-23/h15,22-23H,2-14,16-19H2,1H3. The van der Waals surface area contributed by atoms with E-state index < -0.39 is 0 Å². The van der Waals surface area contributed by atoms with Crippen LogP contribution in [-0.2, 0) is 4.79 Å². The number of amides is 1. The van der Waals surface area contributed by atoms with Gasteiger partial charge in [-0.15, -0.1) is 0 Å². The third-order valence-electron chi connectivity index (χ3n) is 4.43. The highest BCUT2D eigenvalue weighted by atomic mass is 16.3. The summed E-state index contributed by atoms with van der Waals surface area (Å²) in [5.41, 5.74) is 0. The van der Waals surface area contributed by atoms with Crippen molar-refractivity contribution >= 4 is 5.91 Å². The fraction of sp³-hybridized carbons (Fsp3) is 0.900. The molecular formula is C20H40NO3. The number of aliphatic hydroxyl groups is 2. The number of carbonyl (C=O) groups excluding carboxylic acids is 1. The van der Waals surface area contributed by atoms with Gasteiger partial charge in [0.1, 0.15) is 0 Å². The first-order chi connectivity index (χ1) is 11.8. The molecule has 0 aliphatic rings. The van der Waals surface area contributed by atoms with Crippen LogP contribution in [0.5, 0.6) is 0 Å². The molecule has 0 saturated carbocycles. The summed E-state index contributed by atoms with van der Waals surface area (Å²) in [5.74, 6) is -0.0684. The second kappa shape index (κ2) is 18.7. The number of aliphatic hydroxyl groups excluding tert-OH is 2. The van der Waals surface area contributed by atoms with Crippen molar-refractivity contribution in [1.82, 2.24) is 4.90 Å². The van der Waals surface area contributed by atoms with Gasteiger partial charge in [-0.25, -0.2) is 0 Å². The molecule has 0 unspecified atom stereocenters. The molecule has 0 aliphatic carbocycles. The van der Waals surface area contributed by atoms with Crippen molar-refractivity contribution in [3.8, 4) is 0 Å². The van der Waals surface area contributed by atoms with Gasteiger partial charge in [0.15, 0.2) is 0 Å². The van der Waals surface area contributed by atoms with E-state index in [0.717, 1.165) is 12.8 Å². The first kappa shape index (κ1) is 23.4. The number of nitrogens with zero attached hydrogens (tertiary/aromatic N) is 1. The first-order valence-electron chi connectivity index (χ1n) is 10.1. The monoisotopic (exact) mass is 342 g/mol. The largest absolute Gasteiger partial charge is 0.395 e. The van der Waals surface area contributed by atoms with Gasteiger partial charge in [-0.1, -0.05) is 84.0 Å². The number of hydrogen-bond acceptors (Lipinski definition) is 3. The molecular weight excluding hydrogens is 302 g/mol. The summed E-state index contributed by atoms with van der Waals surface area (Å²) in [6.45, 7) is 2.74. The van der Waals surface area contributed by atoms with Crippen molar-refractivity contribution in [2.24, 2.45) is 0 Å². The smallest absolute Gasteiger partial charge is 0.226 e. The van der Waals surface area contributed by atoms with Crippen molar-refractivity contribution in [1.29, 1.82) is 0 Å². The molecule has 0 aromatic heterocycles. The summed E-state index contributed by atoms with van der Waals surface area (Å²) in [7, 11) is 0. The van der Waals surface area contributed by atoms with Crippen molar-refractivity contribution in [2.45, 2.75) is 90.4 Å². The van der Waals surface area contributed by atoms with E-state index in [-0.39, 0.29) is 19.1 Å². The summed E-state index contributed by atoms with van der Waals surface area (Å²) in [4.78, 5) is 13.4. The molecule has 0 atom stereocenters. The van der Waals surface area contributed by atoms with E-state index in [9.17, 15) is 4.79 Å². The number of carbonyl (C=O) groups is 1. The van der Waals surface area contributed by atoms with Crippen LogP contribution in [0.1, 0.15) is 90.4 Å². The Labute approximate surface area is 149 Å². The van der Waals surface area contributed by atoms with E-state index in [4.69, 9.17) is 10.2 Å². The van der Waals surface area contributed by atoms with Gasteiger partial charge in [0.2, 0.25) is 5.91 Å². The van der Waals surface area contributed by atoms with Gasteiger partial charge in [-0.05, 0) is 6.42 Å². The quantitative estimate of drug-likeness (QED) is 0.369. The normalized spacial score (nSPS) is 11.0. The lowest BCUT2D eigenvalue weighted by Crippen LogP contribution is -2.35. The van der Waals surface area contributed by atoms with Crippen LogP contribution in [0.4, 0.5) is 0 Å². The Bertz CT molecular complexity index is 266. The van der Waals surface area contributed by atoms with Gasteiger partial charge >= 0.3 is 0 Å². The first-order valence-corrected chi connectivity index (χ1v) is 10.1. The third kappa shape index (κ3) is 14.9. The molecule has 4 nitrogen and oxygen atoms in total. The van der Waals surface area contributed by atoms with E-state index in [1.54, 1.807) is 6.42 Å². The second-order valence-corrected chi connectivity index (χ2v) is 6.65. The molecule has 24 heavy (non-hydrogen) atoms. The van der Waals surface area contributed by atoms with Crippen LogP contribution in [0.15, 0.2) is 0 Å². The van der Waals surface area contributed by atoms with Crippen LogP contribution < -0.4 is 0 Å². The van der Waals surface area contributed by atoms with Gasteiger partial charge in [-0.2, -0.15) is 0 Å². The SMILES string of the molecule is CCCCCCCCCCCCCC[CH]C(=O)N(CCO)CCO. The van der Waals surface area contributed by atoms with Gasteiger partial charge < -0.3 is 15.1 Å². The molecule has 0 bridgehead atoms. The Hall–Kier alpha value is -0.610. The molecule has 0 fully saturated rings. The topological polar surface area (TPSA) is 60.8 Å². The van der Waals surface area contributed by atoms with Crippen LogP contribution in [-0.4, -0.2) is 47.3 Å². The molecule has 0 aliphatic heterocycles. The van der Waals surface area contributed by atoms with Crippen molar-refractivity contribution in [3.63, 3.8) is 0 Å². The zero-order valence-corrected chi connectivity index (χ0v) is 15.8. The Balaban J connectivity index is 3.33. The lowest BCUT2D eigenvalue weighted by atomic mass is 10.0. The summed E-state index contributed by atoms with van der Waals surface area (Å²) in [6, 6.07) is 0. The molecule has 0 saturated heterocycles. The minimum atomic E-state index is -0.0684. The molecule has 0 heterocycles. The lowest BCUT2D eigenvalue weighted by Gasteiger charge is -2.20. The molecule has 1 radical (unpaired) electrons. The number of rotatable bonds is 18. The highest BCUT2D eigenvalue weighted by molar-refractivity contribution is 5.84. The van der Waals surface area contributed by atoms with Crippen LogP contribution in [0.3, 0.4) is 0 Å². The van der Waals surface area contributed by atoms with E-state index in [0.29, 0.717) is 13.1 Å². The average molecular weight is 343 g/mol. The molecule has 4 heteroatoms. The summed E-state index contributed by atoms with van der Waals surface area (Å²) in [6.07, 6.45) is 18.3. The molecule has 0 rings (SSSR count). The molecule has 2 N–H and O–H groups in total. The molecule has 1 amide bonds. The zero-order valence-electron chi connectivity index (χ0n) is 15.8. The number of hydrogen-bond donors (Lipinski definition) is 2. The minimum Gasteiger partial charge on any atom is -0.395 e. The summed E-state index contributed by atoms with van der Waals surface area (Å²) < 4.78 is 0. The van der Waals surface area contributed by atoms with Gasteiger partial charge in [0.05, 0.1) is 13.2 Å². The third-order valence-corrected chi connectivity index (χ3v) is 4.43. The average Bonchev–Trinajstić information content (AvgIpc) is 2.58. The Morgan fingerprint density at radius 1 is 0.750 bits per heavy atom. The fourth-order valence-corrected chi connectivity index (χ4v) is 2.91. The maximum Gasteiger partial charge on any atom is 0.226 e. The second-order valence-electron chi connectivity index (χ2n) is 6.65. The van der Waals surface area contributed by atoms with Gasteiger partial charge in [-0.3, -0.25) is 4.79 Å². The lowest BCUT2D eigenvalue weighted by molar-refractivity contribution is -0.128. The highest BCUT2D eigenvalue weighted by Gasteiger charge is 2.11. The molecule has 143 valence electrons. The Morgan fingerprint density at radius 2 is 1.17 bits per heavy atom. The zero-order chi connectivity index (χ0) is 17.9. The van der Waals surface area contributed by atoms with E-state index in [2.05, 4.69) is 6.92 Å². The van der Waals surface area contributed by atoms with Crippen LogP contribution in [0.2, 0.25) is 0 Å². The van der Waals surface area contributed by atoms with E-state index in [1.165, 1.54) is 75.5 Å². The fourth-order valence-electron chi connectivity index (χ4n) is 2.91. The Kier molecular flexibility index (Phi) is 18.2. The number of unbranched alkanes of at least 4 members (excludes halogenated alkanes) is 12. The Morgan fingerprint density at radius 3 is 1.58 bits per heavy atom. The van der Waals surface area contributed by atoms with E-state index >= 15 is 0 Å². The van der Waals surface area contributed by atoms with Crippen molar-refractivity contribution in [3.05, 3.63) is 6.42 Å². The maximum atomic E-state index is 11.9. The highest BCUT2D eigenvalue weighted by Crippen LogP contribution is 2.13. The van der Waals surface area contributed by atoms with Crippen LogP contribution >= 0.6 is 0 Å². The summed E-state index contributed by atoms with van der Waals surface area (Å²) in [5, 5.41) is 17.8. The molecule has 0 spiro atoms. The summed E-state index contributed by atoms with van der Waals surface area (Å²) >= 11 is 0. The predicted octanol–water partition coefficient (Wildman–Crippen LogP) is 4.10. The van der Waals surface area contributed by atoms with E-state index in [1.807, 2.05) is 0 Å². The van der Waals surface area contributed by atoms with Gasteiger partial charge in [0, 0.05) is 19.5 Å². The maximum absolute atomic E-state index is 11.9. The van der Waals surface area contributed by atoms with Crippen molar-refractivity contribution in [2.75, 3.05) is 26.3 Å². The van der Waals surface area contributed by atoms with Crippen molar-refractivity contribution < 1.29 is 15.0 Å². The predicted molar refractivity (Wildman–Crippen MR) is 101 cm³/mol. The molecule has 0 aromatic carbocycles. The minimum absolute atomic E-state index is 0.0574. The van der Waals surface area contributed by atoms with Crippen LogP contribution in [0, 0.1) is 6.42 Å². The molecule has 0 aromatic rings. The van der Waals surface area contributed by atoms with Gasteiger partial charge in [0.25, 0.3) is 0 Å².